The summed E-state index contributed by atoms with van der Waals surface area (Å²) < 4.78 is 0. The average Bonchev–Trinajstić information content (AvgIpc) is 2.44. The van der Waals surface area contributed by atoms with Crippen LogP contribution in [0.4, 0.5) is 0 Å². The van der Waals surface area contributed by atoms with Crippen molar-refractivity contribution in [3.05, 3.63) is 69.7 Å². The molecule has 2 nitrogen and oxygen atoms in total. The normalized spacial score (nSPS) is 11.9. The molecule has 0 radical (unpaired) electrons. The Balaban J connectivity index is 1.97. The minimum atomic E-state index is -0.0419. The van der Waals surface area contributed by atoms with Gasteiger partial charge >= 0.3 is 0 Å². The van der Waals surface area contributed by atoms with Gasteiger partial charge in [-0.2, -0.15) is 0 Å². The molecular formula is C16H15Cl2NO. The number of hydrogen-bond acceptors (Lipinski definition) is 1. The SMILES string of the molecule is C[C@H](NC(=O)Cc1ccc(Cl)c(Cl)c1)c1ccccc1. The van der Waals surface area contributed by atoms with Crippen LogP contribution in [-0.2, 0) is 11.2 Å². The summed E-state index contributed by atoms with van der Waals surface area (Å²) in [6.07, 6.45) is 0.286. The van der Waals surface area contributed by atoms with E-state index in [2.05, 4.69) is 5.32 Å². The van der Waals surface area contributed by atoms with Gasteiger partial charge in [-0.15, -0.1) is 0 Å². The van der Waals surface area contributed by atoms with Crippen LogP contribution in [0.5, 0.6) is 0 Å². The third-order valence-electron chi connectivity index (χ3n) is 3.03. The zero-order valence-corrected chi connectivity index (χ0v) is 12.6. The van der Waals surface area contributed by atoms with Crippen molar-refractivity contribution in [1.82, 2.24) is 5.32 Å². The van der Waals surface area contributed by atoms with Crippen molar-refractivity contribution in [3.8, 4) is 0 Å². The Bertz CT molecular complexity index is 599. The van der Waals surface area contributed by atoms with E-state index in [-0.39, 0.29) is 18.4 Å². The monoisotopic (exact) mass is 307 g/mol. The lowest BCUT2D eigenvalue weighted by atomic mass is 10.1. The third-order valence-corrected chi connectivity index (χ3v) is 3.76. The summed E-state index contributed by atoms with van der Waals surface area (Å²) in [5.74, 6) is -0.0419. The molecule has 0 aliphatic carbocycles. The summed E-state index contributed by atoms with van der Waals surface area (Å²) in [5, 5.41) is 3.92. The van der Waals surface area contributed by atoms with Crippen molar-refractivity contribution < 1.29 is 4.79 Å². The van der Waals surface area contributed by atoms with Gasteiger partial charge in [0, 0.05) is 0 Å². The molecule has 20 heavy (non-hydrogen) atoms. The van der Waals surface area contributed by atoms with E-state index in [1.807, 2.05) is 37.3 Å². The number of nitrogens with one attached hydrogen (secondary N) is 1. The molecule has 0 saturated heterocycles. The van der Waals surface area contributed by atoms with E-state index in [0.29, 0.717) is 10.0 Å². The largest absolute Gasteiger partial charge is 0.349 e. The Morgan fingerprint density at radius 3 is 2.45 bits per heavy atom. The molecule has 1 amide bonds. The van der Waals surface area contributed by atoms with Crippen LogP contribution in [-0.4, -0.2) is 5.91 Å². The van der Waals surface area contributed by atoms with Crippen molar-refractivity contribution in [2.45, 2.75) is 19.4 Å². The number of hydrogen-bond donors (Lipinski definition) is 1. The molecule has 0 fully saturated rings. The van der Waals surface area contributed by atoms with Crippen LogP contribution in [0.3, 0.4) is 0 Å². The van der Waals surface area contributed by atoms with Crippen molar-refractivity contribution in [2.75, 3.05) is 0 Å². The second-order valence-electron chi connectivity index (χ2n) is 4.63. The van der Waals surface area contributed by atoms with Gasteiger partial charge in [0.1, 0.15) is 0 Å². The van der Waals surface area contributed by atoms with E-state index in [1.54, 1.807) is 18.2 Å². The Kier molecular flexibility index (Phi) is 5.05. The number of benzene rings is 2. The molecule has 0 bridgehead atoms. The van der Waals surface area contributed by atoms with Crippen LogP contribution >= 0.6 is 23.2 Å². The molecule has 2 rings (SSSR count). The molecule has 4 heteroatoms. The topological polar surface area (TPSA) is 29.1 Å². The lowest BCUT2D eigenvalue weighted by molar-refractivity contribution is -0.121. The molecule has 0 spiro atoms. The summed E-state index contributed by atoms with van der Waals surface area (Å²) in [5.41, 5.74) is 1.92. The third kappa shape index (κ3) is 3.99. The molecule has 1 N–H and O–H groups in total. The molecule has 1 atom stereocenters. The molecule has 0 unspecified atom stereocenters. The van der Waals surface area contributed by atoms with Crippen LogP contribution in [0.15, 0.2) is 48.5 Å². The molecule has 0 heterocycles. The predicted octanol–water partition coefficient (Wildman–Crippen LogP) is 4.41. The maximum Gasteiger partial charge on any atom is 0.224 e. The van der Waals surface area contributed by atoms with E-state index in [1.165, 1.54) is 0 Å². The van der Waals surface area contributed by atoms with Gasteiger partial charge in [0.25, 0.3) is 0 Å². The van der Waals surface area contributed by atoms with E-state index in [9.17, 15) is 4.79 Å². The van der Waals surface area contributed by atoms with E-state index in [4.69, 9.17) is 23.2 Å². The number of amides is 1. The Morgan fingerprint density at radius 2 is 1.80 bits per heavy atom. The minimum absolute atomic E-state index is 0.0218. The van der Waals surface area contributed by atoms with Crippen molar-refractivity contribution >= 4 is 29.1 Å². The number of carbonyl (C=O) groups is 1. The van der Waals surface area contributed by atoms with Gasteiger partial charge in [-0.3, -0.25) is 4.79 Å². The molecule has 104 valence electrons. The first-order valence-electron chi connectivity index (χ1n) is 6.34. The Labute approximate surface area is 128 Å². The fourth-order valence-corrected chi connectivity index (χ4v) is 2.27. The minimum Gasteiger partial charge on any atom is -0.349 e. The van der Waals surface area contributed by atoms with Gasteiger partial charge in [0.15, 0.2) is 0 Å². The molecule has 0 aromatic heterocycles. The summed E-state index contributed by atoms with van der Waals surface area (Å²) in [6.45, 7) is 1.96. The fourth-order valence-electron chi connectivity index (χ4n) is 1.95. The highest BCUT2D eigenvalue weighted by Crippen LogP contribution is 2.23. The number of rotatable bonds is 4. The summed E-state index contributed by atoms with van der Waals surface area (Å²) >= 11 is 11.8. The Morgan fingerprint density at radius 1 is 1.10 bits per heavy atom. The second kappa shape index (κ2) is 6.78. The van der Waals surface area contributed by atoms with Gasteiger partial charge in [-0.05, 0) is 30.2 Å². The first kappa shape index (κ1) is 14.9. The lowest BCUT2D eigenvalue weighted by Crippen LogP contribution is -2.28. The highest BCUT2D eigenvalue weighted by Gasteiger charge is 2.10. The molecule has 2 aromatic rings. The van der Waals surface area contributed by atoms with Gasteiger partial charge in [-0.1, -0.05) is 59.6 Å². The predicted molar refractivity (Wildman–Crippen MR) is 83.2 cm³/mol. The molecule has 2 aromatic carbocycles. The maximum atomic E-state index is 12.0. The average molecular weight is 308 g/mol. The van der Waals surface area contributed by atoms with Crippen LogP contribution in [0.1, 0.15) is 24.1 Å². The van der Waals surface area contributed by atoms with Crippen LogP contribution in [0.25, 0.3) is 0 Å². The highest BCUT2D eigenvalue weighted by molar-refractivity contribution is 6.42. The van der Waals surface area contributed by atoms with Crippen LogP contribution in [0, 0.1) is 0 Å². The quantitative estimate of drug-likeness (QED) is 0.890. The molecule has 0 aliphatic heterocycles. The Hall–Kier alpha value is -1.51. The number of halogens is 2. The van der Waals surface area contributed by atoms with Gasteiger partial charge in [0.2, 0.25) is 5.91 Å². The summed E-state index contributed by atoms with van der Waals surface area (Å²) in [4.78, 5) is 12.0. The molecule has 0 aliphatic rings. The van der Waals surface area contributed by atoms with E-state index < -0.39 is 0 Å². The van der Waals surface area contributed by atoms with Crippen molar-refractivity contribution in [3.63, 3.8) is 0 Å². The summed E-state index contributed by atoms with van der Waals surface area (Å²) in [7, 11) is 0. The van der Waals surface area contributed by atoms with Gasteiger partial charge < -0.3 is 5.32 Å². The molecular weight excluding hydrogens is 293 g/mol. The smallest absolute Gasteiger partial charge is 0.224 e. The maximum absolute atomic E-state index is 12.0. The van der Waals surface area contributed by atoms with Gasteiger partial charge in [0.05, 0.1) is 22.5 Å². The van der Waals surface area contributed by atoms with Crippen molar-refractivity contribution in [1.29, 1.82) is 0 Å². The van der Waals surface area contributed by atoms with Crippen molar-refractivity contribution in [2.24, 2.45) is 0 Å². The standard InChI is InChI=1S/C16H15Cl2NO/c1-11(13-5-3-2-4-6-13)19-16(20)10-12-7-8-14(17)15(18)9-12/h2-9,11H,10H2,1H3,(H,19,20)/t11-/m0/s1. The first-order chi connectivity index (χ1) is 9.56. The van der Waals surface area contributed by atoms with E-state index >= 15 is 0 Å². The highest BCUT2D eigenvalue weighted by atomic mass is 35.5. The number of carbonyl (C=O) groups excluding carboxylic acids is 1. The van der Waals surface area contributed by atoms with Crippen LogP contribution < -0.4 is 5.32 Å². The summed E-state index contributed by atoms with van der Waals surface area (Å²) in [6, 6.07) is 15.0. The zero-order valence-electron chi connectivity index (χ0n) is 11.1. The van der Waals surface area contributed by atoms with E-state index in [0.717, 1.165) is 11.1 Å². The first-order valence-corrected chi connectivity index (χ1v) is 7.10. The van der Waals surface area contributed by atoms with Gasteiger partial charge in [-0.25, -0.2) is 0 Å². The second-order valence-corrected chi connectivity index (χ2v) is 5.44. The lowest BCUT2D eigenvalue weighted by Gasteiger charge is -2.14. The fraction of sp³-hybridized carbons (Fsp3) is 0.188. The zero-order chi connectivity index (χ0) is 14.5. The van der Waals surface area contributed by atoms with Crippen LogP contribution in [0.2, 0.25) is 10.0 Å². The molecule has 0 saturated carbocycles.